The number of ether oxygens (including phenoxy) is 1. The van der Waals surface area contributed by atoms with Crippen molar-refractivity contribution in [2.45, 2.75) is 59.0 Å². The summed E-state index contributed by atoms with van der Waals surface area (Å²) in [6.07, 6.45) is 3.65. The van der Waals surface area contributed by atoms with E-state index in [1.54, 1.807) is 0 Å². The Balaban J connectivity index is 3.53. The van der Waals surface area contributed by atoms with Gasteiger partial charge < -0.3 is 10.1 Å². The minimum Gasteiger partial charge on any atom is -0.382 e. The first-order valence-electron chi connectivity index (χ1n) is 7.13. The molecule has 17 heavy (non-hydrogen) atoms. The van der Waals surface area contributed by atoms with E-state index in [0.717, 1.165) is 32.7 Å². The molecule has 0 radical (unpaired) electrons. The molecule has 0 aromatic carbocycles. The first-order valence-corrected chi connectivity index (χ1v) is 7.13. The molecule has 3 nitrogen and oxygen atoms in total. The van der Waals surface area contributed by atoms with Crippen LogP contribution in [0, 0.1) is 0 Å². The first kappa shape index (κ1) is 16.9. The summed E-state index contributed by atoms with van der Waals surface area (Å²) in [7, 11) is 2.23. The molecule has 104 valence electrons. The van der Waals surface area contributed by atoms with Crippen LogP contribution in [0.4, 0.5) is 0 Å². The van der Waals surface area contributed by atoms with Crippen molar-refractivity contribution in [2.24, 2.45) is 0 Å². The van der Waals surface area contributed by atoms with Crippen LogP contribution in [0.5, 0.6) is 0 Å². The average molecular weight is 244 g/mol. The van der Waals surface area contributed by atoms with Crippen LogP contribution >= 0.6 is 0 Å². The molecular weight excluding hydrogens is 212 g/mol. The van der Waals surface area contributed by atoms with Gasteiger partial charge >= 0.3 is 0 Å². The molecular formula is C14H32N2O. The van der Waals surface area contributed by atoms with Gasteiger partial charge in [-0.2, -0.15) is 0 Å². The second kappa shape index (κ2) is 11.0. The normalized spacial score (nSPS) is 15.2. The minimum absolute atomic E-state index is 0.601. The topological polar surface area (TPSA) is 24.5 Å². The quantitative estimate of drug-likeness (QED) is 0.565. The minimum atomic E-state index is 0.601. The molecule has 0 heterocycles. The van der Waals surface area contributed by atoms with Crippen LogP contribution in [0.1, 0.15) is 47.0 Å². The summed E-state index contributed by atoms with van der Waals surface area (Å²) in [6, 6.07) is 1.28. The average Bonchev–Trinajstić information content (AvgIpc) is 2.32. The number of nitrogens with one attached hydrogen (secondary N) is 1. The Bertz CT molecular complexity index is 164. The van der Waals surface area contributed by atoms with Gasteiger partial charge in [-0.25, -0.2) is 0 Å². The molecule has 3 heteroatoms. The molecule has 0 aliphatic carbocycles. The van der Waals surface area contributed by atoms with Gasteiger partial charge in [-0.3, -0.25) is 4.90 Å². The maximum absolute atomic E-state index is 5.31. The number of likely N-dealkylation sites (N-methyl/N-ethyl adjacent to an activating group) is 1. The van der Waals surface area contributed by atoms with Gasteiger partial charge in [0.2, 0.25) is 0 Å². The maximum Gasteiger partial charge on any atom is 0.0477 e. The zero-order valence-corrected chi connectivity index (χ0v) is 12.5. The van der Waals surface area contributed by atoms with E-state index in [0.29, 0.717) is 12.1 Å². The fourth-order valence-corrected chi connectivity index (χ4v) is 1.95. The van der Waals surface area contributed by atoms with E-state index in [9.17, 15) is 0 Å². The van der Waals surface area contributed by atoms with Crippen molar-refractivity contribution < 1.29 is 4.74 Å². The van der Waals surface area contributed by atoms with E-state index in [2.05, 4.69) is 38.0 Å². The lowest BCUT2D eigenvalue weighted by molar-refractivity contribution is 0.142. The number of nitrogens with zero attached hydrogens (tertiary/aromatic N) is 1. The Kier molecular flexibility index (Phi) is 10.9. The summed E-state index contributed by atoms with van der Waals surface area (Å²) in [5, 5.41) is 3.50. The van der Waals surface area contributed by atoms with Crippen molar-refractivity contribution >= 4 is 0 Å². The molecule has 2 unspecified atom stereocenters. The Labute approximate surface area is 108 Å². The molecule has 0 aromatic rings. The molecule has 0 aliphatic rings. The molecule has 0 rings (SSSR count). The van der Waals surface area contributed by atoms with Crippen LogP contribution in [0.3, 0.4) is 0 Å². The molecule has 0 saturated heterocycles. The van der Waals surface area contributed by atoms with Crippen LogP contribution in [0.2, 0.25) is 0 Å². The predicted molar refractivity (Wildman–Crippen MR) is 75.6 cm³/mol. The van der Waals surface area contributed by atoms with Crippen molar-refractivity contribution in [3.05, 3.63) is 0 Å². The Morgan fingerprint density at radius 2 is 1.88 bits per heavy atom. The van der Waals surface area contributed by atoms with Crippen molar-refractivity contribution in [3.63, 3.8) is 0 Å². The van der Waals surface area contributed by atoms with Gasteiger partial charge in [0.15, 0.2) is 0 Å². The van der Waals surface area contributed by atoms with Crippen LogP contribution in [0.25, 0.3) is 0 Å². The molecule has 2 atom stereocenters. The zero-order chi connectivity index (χ0) is 13.1. The van der Waals surface area contributed by atoms with E-state index in [4.69, 9.17) is 4.74 Å². The fourth-order valence-electron chi connectivity index (χ4n) is 1.95. The highest BCUT2D eigenvalue weighted by Crippen LogP contribution is 2.07. The summed E-state index contributed by atoms with van der Waals surface area (Å²) in [5.74, 6) is 0. The number of hydrogen-bond donors (Lipinski definition) is 1. The predicted octanol–water partition coefficient (Wildman–Crippen LogP) is 2.51. The molecule has 0 aliphatic heterocycles. The lowest BCUT2D eigenvalue weighted by Crippen LogP contribution is -2.42. The largest absolute Gasteiger partial charge is 0.382 e. The molecule has 0 spiro atoms. The van der Waals surface area contributed by atoms with E-state index < -0.39 is 0 Å². The standard InChI is InChI=1S/C14H32N2O/c1-6-9-13(3)16(5)14(4)12-15-10-8-11-17-7-2/h13-15H,6-12H2,1-5H3. The Morgan fingerprint density at radius 1 is 1.18 bits per heavy atom. The van der Waals surface area contributed by atoms with Gasteiger partial charge in [-0.1, -0.05) is 13.3 Å². The highest BCUT2D eigenvalue weighted by Gasteiger charge is 2.14. The lowest BCUT2D eigenvalue weighted by Gasteiger charge is -2.31. The third kappa shape index (κ3) is 8.58. The van der Waals surface area contributed by atoms with Crippen molar-refractivity contribution in [1.82, 2.24) is 10.2 Å². The second-order valence-corrected chi connectivity index (χ2v) is 4.91. The number of hydrogen-bond acceptors (Lipinski definition) is 3. The maximum atomic E-state index is 5.31. The molecule has 0 bridgehead atoms. The van der Waals surface area contributed by atoms with Crippen LogP contribution in [-0.2, 0) is 4.74 Å². The third-order valence-corrected chi connectivity index (χ3v) is 3.38. The zero-order valence-electron chi connectivity index (χ0n) is 12.5. The second-order valence-electron chi connectivity index (χ2n) is 4.91. The molecule has 0 saturated carbocycles. The molecule has 1 N–H and O–H groups in total. The van der Waals surface area contributed by atoms with Gasteiger partial charge in [0.05, 0.1) is 0 Å². The molecule has 0 fully saturated rings. The van der Waals surface area contributed by atoms with Crippen LogP contribution in [-0.4, -0.2) is 50.3 Å². The van der Waals surface area contributed by atoms with Crippen molar-refractivity contribution in [2.75, 3.05) is 33.4 Å². The Morgan fingerprint density at radius 3 is 2.47 bits per heavy atom. The van der Waals surface area contributed by atoms with E-state index in [1.807, 2.05) is 6.92 Å². The third-order valence-electron chi connectivity index (χ3n) is 3.38. The van der Waals surface area contributed by atoms with Gasteiger partial charge in [-0.15, -0.1) is 0 Å². The van der Waals surface area contributed by atoms with Crippen LogP contribution in [0.15, 0.2) is 0 Å². The molecule has 0 amide bonds. The SMILES string of the molecule is CCCC(C)N(C)C(C)CNCCCOCC. The van der Waals surface area contributed by atoms with Crippen LogP contribution < -0.4 is 5.32 Å². The van der Waals surface area contributed by atoms with Crippen molar-refractivity contribution in [3.8, 4) is 0 Å². The van der Waals surface area contributed by atoms with Crippen molar-refractivity contribution in [1.29, 1.82) is 0 Å². The summed E-state index contributed by atoms with van der Waals surface area (Å²) >= 11 is 0. The fraction of sp³-hybridized carbons (Fsp3) is 1.00. The summed E-state index contributed by atoms with van der Waals surface area (Å²) < 4.78 is 5.31. The molecule has 0 aromatic heterocycles. The first-order chi connectivity index (χ1) is 8.13. The van der Waals surface area contributed by atoms with E-state index >= 15 is 0 Å². The summed E-state index contributed by atoms with van der Waals surface area (Å²) in [4.78, 5) is 2.47. The summed E-state index contributed by atoms with van der Waals surface area (Å²) in [6.45, 7) is 12.7. The van der Waals surface area contributed by atoms with Gasteiger partial charge in [0.25, 0.3) is 0 Å². The van der Waals surface area contributed by atoms with E-state index in [-0.39, 0.29) is 0 Å². The van der Waals surface area contributed by atoms with Gasteiger partial charge in [0.1, 0.15) is 0 Å². The highest BCUT2D eigenvalue weighted by atomic mass is 16.5. The van der Waals surface area contributed by atoms with E-state index in [1.165, 1.54) is 12.8 Å². The number of rotatable bonds is 11. The Hall–Kier alpha value is -0.120. The smallest absolute Gasteiger partial charge is 0.0477 e. The lowest BCUT2D eigenvalue weighted by atomic mass is 10.1. The summed E-state index contributed by atoms with van der Waals surface area (Å²) in [5.41, 5.74) is 0. The van der Waals surface area contributed by atoms with Gasteiger partial charge in [-0.05, 0) is 47.2 Å². The highest BCUT2D eigenvalue weighted by molar-refractivity contribution is 4.71. The monoisotopic (exact) mass is 244 g/mol. The van der Waals surface area contributed by atoms with Gasteiger partial charge in [0, 0.05) is 31.8 Å².